The fraction of sp³-hybridized carbons (Fsp3) is 0.364. The molecule has 1 aliphatic rings. The lowest BCUT2D eigenvalue weighted by Crippen LogP contribution is -2.43. The Balaban J connectivity index is 1.82. The first-order chi connectivity index (χ1) is 7.81. The van der Waals surface area contributed by atoms with Crippen molar-refractivity contribution in [1.82, 2.24) is 15.2 Å². The molecule has 5 heteroatoms. The van der Waals surface area contributed by atoms with E-state index in [9.17, 15) is 0 Å². The van der Waals surface area contributed by atoms with Gasteiger partial charge in [0.2, 0.25) is 0 Å². The zero-order valence-electron chi connectivity index (χ0n) is 8.71. The van der Waals surface area contributed by atoms with E-state index >= 15 is 0 Å². The topological polar surface area (TPSA) is 73.9 Å². The van der Waals surface area contributed by atoms with Crippen molar-refractivity contribution in [3.8, 4) is 6.01 Å². The van der Waals surface area contributed by atoms with Crippen molar-refractivity contribution in [1.29, 1.82) is 0 Å². The van der Waals surface area contributed by atoms with Crippen LogP contribution in [-0.2, 0) is 0 Å². The van der Waals surface area contributed by atoms with Crippen LogP contribution in [0, 0.1) is 0 Å². The maximum atomic E-state index is 5.68. The molecular formula is C11H12N4O. The summed E-state index contributed by atoms with van der Waals surface area (Å²) >= 11 is 0. The van der Waals surface area contributed by atoms with Gasteiger partial charge < -0.3 is 10.5 Å². The largest absolute Gasteiger partial charge is 0.459 e. The minimum absolute atomic E-state index is 0.151. The molecule has 0 spiro atoms. The standard InChI is InChI=1S/C11H12N4O/c12-7-5-8(6-7)16-11-13-9-3-1-2-4-10(9)14-15-11/h1-4,7-8H,5-6,12H2. The molecule has 1 aromatic heterocycles. The molecule has 2 N–H and O–H groups in total. The first-order valence-electron chi connectivity index (χ1n) is 5.33. The minimum Gasteiger partial charge on any atom is -0.459 e. The smallest absolute Gasteiger partial charge is 0.336 e. The Morgan fingerprint density at radius 3 is 2.62 bits per heavy atom. The van der Waals surface area contributed by atoms with E-state index in [-0.39, 0.29) is 12.1 Å². The molecule has 0 bridgehead atoms. The maximum Gasteiger partial charge on any atom is 0.336 e. The molecule has 16 heavy (non-hydrogen) atoms. The predicted octanol–water partition coefficient (Wildman–Crippen LogP) is 0.893. The molecule has 82 valence electrons. The highest BCUT2D eigenvalue weighted by Crippen LogP contribution is 2.22. The summed E-state index contributed by atoms with van der Waals surface area (Å²) < 4.78 is 5.56. The van der Waals surface area contributed by atoms with Gasteiger partial charge in [-0.1, -0.05) is 17.2 Å². The average molecular weight is 216 g/mol. The van der Waals surface area contributed by atoms with Gasteiger partial charge in [-0.2, -0.15) is 4.98 Å². The molecule has 1 fully saturated rings. The van der Waals surface area contributed by atoms with Gasteiger partial charge in [0.05, 0.1) is 5.52 Å². The molecule has 0 atom stereocenters. The Hall–Kier alpha value is -1.75. The molecule has 1 aliphatic carbocycles. The third-order valence-corrected chi connectivity index (χ3v) is 2.74. The lowest BCUT2D eigenvalue weighted by atomic mass is 9.90. The number of aromatic nitrogens is 3. The second-order valence-electron chi connectivity index (χ2n) is 4.05. The van der Waals surface area contributed by atoms with Gasteiger partial charge in [0.25, 0.3) is 0 Å². The van der Waals surface area contributed by atoms with E-state index in [1.165, 1.54) is 0 Å². The SMILES string of the molecule is NC1CC(Oc2nnc3ccccc3n2)C1. The normalized spacial score (nSPS) is 24.1. The van der Waals surface area contributed by atoms with Gasteiger partial charge in [-0.25, -0.2) is 0 Å². The highest BCUT2D eigenvalue weighted by molar-refractivity contribution is 5.73. The highest BCUT2D eigenvalue weighted by Gasteiger charge is 2.28. The Morgan fingerprint density at radius 2 is 1.88 bits per heavy atom. The Kier molecular flexibility index (Phi) is 2.18. The van der Waals surface area contributed by atoms with E-state index in [4.69, 9.17) is 10.5 Å². The van der Waals surface area contributed by atoms with Gasteiger partial charge in [-0.3, -0.25) is 0 Å². The summed E-state index contributed by atoms with van der Waals surface area (Å²) in [5.41, 5.74) is 7.26. The zero-order valence-corrected chi connectivity index (χ0v) is 8.71. The fourth-order valence-electron chi connectivity index (χ4n) is 1.77. The molecule has 1 aromatic carbocycles. The average Bonchev–Trinajstić information content (AvgIpc) is 2.27. The summed E-state index contributed by atoms with van der Waals surface area (Å²) in [5.74, 6) is 0. The van der Waals surface area contributed by atoms with Crippen molar-refractivity contribution in [2.75, 3.05) is 0 Å². The molecule has 0 saturated heterocycles. The lowest BCUT2D eigenvalue weighted by Gasteiger charge is -2.31. The third kappa shape index (κ3) is 1.69. The third-order valence-electron chi connectivity index (χ3n) is 2.74. The van der Waals surface area contributed by atoms with E-state index in [1.54, 1.807) is 0 Å². The first kappa shape index (κ1) is 9.47. The molecule has 0 aliphatic heterocycles. The Morgan fingerprint density at radius 1 is 1.12 bits per heavy atom. The minimum atomic E-state index is 0.151. The van der Waals surface area contributed by atoms with Crippen molar-refractivity contribution in [2.24, 2.45) is 5.73 Å². The van der Waals surface area contributed by atoms with Crippen molar-refractivity contribution in [3.05, 3.63) is 24.3 Å². The van der Waals surface area contributed by atoms with Crippen molar-refractivity contribution >= 4 is 11.0 Å². The van der Waals surface area contributed by atoms with Crippen LogP contribution < -0.4 is 10.5 Å². The van der Waals surface area contributed by atoms with E-state index in [0.29, 0.717) is 6.01 Å². The van der Waals surface area contributed by atoms with E-state index in [0.717, 1.165) is 23.9 Å². The Bertz CT molecular complexity index is 510. The van der Waals surface area contributed by atoms with Gasteiger partial charge >= 0.3 is 6.01 Å². The summed E-state index contributed by atoms with van der Waals surface area (Å²) in [5, 5.41) is 7.97. The summed E-state index contributed by atoms with van der Waals surface area (Å²) in [7, 11) is 0. The van der Waals surface area contributed by atoms with Gasteiger partial charge in [0, 0.05) is 6.04 Å². The van der Waals surface area contributed by atoms with Gasteiger partial charge in [0.15, 0.2) is 0 Å². The van der Waals surface area contributed by atoms with Crippen molar-refractivity contribution in [3.63, 3.8) is 0 Å². The quantitative estimate of drug-likeness (QED) is 0.807. The van der Waals surface area contributed by atoms with Crippen LogP contribution in [0.1, 0.15) is 12.8 Å². The molecule has 0 unspecified atom stereocenters. The molecular weight excluding hydrogens is 204 g/mol. The lowest BCUT2D eigenvalue weighted by molar-refractivity contribution is 0.0897. The molecule has 2 aromatic rings. The summed E-state index contributed by atoms with van der Waals surface area (Å²) in [6.45, 7) is 0. The van der Waals surface area contributed by atoms with Crippen LogP contribution in [0.5, 0.6) is 6.01 Å². The van der Waals surface area contributed by atoms with Crippen molar-refractivity contribution in [2.45, 2.75) is 25.0 Å². The zero-order chi connectivity index (χ0) is 11.0. The van der Waals surface area contributed by atoms with Crippen LogP contribution in [0.25, 0.3) is 11.0 Å². The van der Waals surface area contributed by atoms with Crippen molar-refractivity contribution < 1.29 is 4.74 Å². The maximum absolute atomic E-state index is 5.68. The van der Waals surface area contributed by atoms with Gasteiger partial charge in [-0.15, -0.1) is 5.10 Å². The summed E-state index contributed by atoms with van der Waals surface area (Å²) in [6.07, 6.45) is 1.89. The monoisotopic (exact) mass is 216 g/mol. The first-order valence-corrected chi connectivity index (χ1v) is 5.33. The molecule has 3 rings (SSSR count). The second kappa shape index (κ2) is 3.68. The van der Waals surface area contributed by atoms with Crippen LogP contribution in [0.4, 0.5) is 0 Å². The fourth-order valence-corrected chi connectivity index (χ4v) is 1.77. The molecule has 1 saturated carbocycles. The molecule has 5 nitrogen and oxygen atoms in total. The highest BCUT2D eigenvalue weighted by atomic mass is 16.5. The molecule has 1 heterocycles. The number of rotatable bonds is 2. The number of nitrogens with two attached hydrogens (primary N) is 1. The molecule has 0 amide bonds. The second-order valence-corrected chi connectivity index (χ2v) is 4.05. The van der Waals surface area contributed by atoms with Crippen LogP contribution in [0.15, 0.2) is 24.3 Å². The molecule has 0 radical (unpaired) electrons. The number of hydrogen-bond acceptors (Lipinski definition) is 5. The van der Waals surface area contributed by atoms with Crippen LogP contribution in [-0.4, -0.2) is 27.3 Å². The number of nitrogens with zero attached hydrogens (tertiary/aromatic N) is 3. The van der Waals surface area contributed by atoms with Crippen LogP contribution in [0.2, 0.25) is 0 Å². The summed E-state index contributed by atoms with van der Waals surface area (Å²) in [6, 6.07) is 8.19. The predicted molar refractivity (Wildman–Crippen MR) is 59.0 cm³/mol. The number of benzene rings is 1. The number of para-hydroxylation sites is 1. The Labute approximate surface area is 92.6 Å². The van der Waals surface area contributed by atoms with Gasteiger partial charge in [-0.05, 0) is 25.0 Å². The van der Waals surface area contributed by atoms with E-state index in [1.807, 2.05) is 24.3 Å². The summed E-state index contributed by atoms with van der Waals surface area (Å²) in [4.78, 5) is 4.29. The number of hydrogen-bond donors (Lipinski definition) is 1. The van der Waals surface area contributed by atoms with Crippen LogP contribution in [0.3, 0.4) is 0 Å². The number of fused-ring (bicyclic) bond motifs is 1. The van der Waals surface area contributed by atoms with Gasteiger partial charge in [0.1, 0.15) is 11.6 Å². The van der Waals surface area contributed by atoms with E-state index in [2.05, 4.69) is 15.2 Å². The van der Waals surface area contributed by atoms with Crippen LogP contribution >= 0.6 is 0 Å². The number of ether oxygens (including phenoxy) is 1. The van der Waals surface area contributed by atoms with E-state index < -0.39 is 0 Å².